The maximum atomic E-state index is 9.34. The van der Waals surface area contributed by atoms with Gasteiger partial charge < -0.3 is 24.9 Å². The van der Waals surface area contributed by atoms with Crippen molar-refractivity contribution in [3.8, 4) is 0 Å². The second-order valence-corrected chi connectivity index (χ2v) is 1.49. The summed E-state index contributed by atoms with van der Waals surface area (Å²) in [4.78, 5) is 18.2. The van der Waals surface area contributed by atoms with E-state index >= 15 is 0 Å². The summed E-state index contributed by atoms with van der Waals surface area (Å²) in [6, 6.07) is 0. The molecule has 0 spiro atoms. The molecule has 0 bridgehead atoms. The number of carboxylic acids is 2. The maximum Gasteiger partial charge on any atom is 4.00 e. The maximum absolute atomic E-state index is 9.34. The minimum absolute atomic E-state index is 0. The van der Waals surface area contributed by atoms with Crippen molar-refractivity contribution < 1.29 is 51.1 Å². The van der Waals surface area contributed by atoms with Crippen molar-refractivity contribution in [2.45, 2.75) is 20.0 Å². The van der Waals surface area contributed by atoms with E-state index in [1.165, 1.54) is 0 Å². The van der Waals surface area contributed by atoms with E-state index in [0.29, 0.717) is 0 Å². The van der Waals surface area contributed by atoms with E-state index in [1.54, 1.807) is 0 Å². The van der Waals surface area contributed by atoms with Gasteiger partial charge in [0.25, 0.3) is 0 Å². The molecule has 7 heteroatoms. The van der Waals surface area contributed by atoms with Gasteiger partial charge in [-0.15, -0.1) is 0 Å². The summed E-state index contributed by atoms with van der Waals surface area (Å²) in [6.07, 6.45) is -1.34. The zero-order chi connectivity index (χ0) is 8.73. The normalized spacial score (nSPS) is 8.92. The fourth-order valence-corrected chi connectivity index (χ4v) is 0. The molecular weight excluding hydrogens is 256 g/mol. The number of aliphatic hydroxyl groups excluding tert-OH is 1. The summed E-state index contributed by atoms with van der Waals surface area (Å²) in [5.74, 6) is -2.52. The smallest absolute Gasteiger partial charge is 0.550 e. The molecule has 1 atom stereocenters. The number of hydrogen-bond donors (Lipinski definition) is 1. The van der Waals surface area contributed by atoms with Crippen LogP contribution in [0.5, 0.6) is 0 Å². The Morgan fingerprint density at radius 1 is 1.33 bits per heavy atom. The van der Waals surface area contributed by atoms with Crippen molar-refractivity contribution in [3.05, 3.63) is 0 Å². The van der Waals surface area contributed by atoms with E-state index in [0.717, 1.165) is 13.8 Å². The zero-order valence-electron chi connectivity index (χ0n) is 6.86. The quantitative estimate of drug-likeness (QED) is 0.495. The SMILES string of the molecule is CC(=O)[O-].CC(O)C(=O)[O-].[Mg+2].[Zr+4]. The first-order chi connectivity index (χ1) is 4.37. The van der Waals surface area contributed by atoms with Crippen molar-refractivity contribution >= 4 is 35.0 Å². The van der Waals surface area contributed by atoms with Crippen LogP contribution in [-0.4, -0.2) is 46.2 Å². The minimum Gasteiger partial charge on any atom is -0.550 e. The van der Waals surface area contributed by atoms with Gasteiger partial charge in [0, 0.05) is 5.97 Å². The van der Waals surface area contributed by atoms with Gasteiger partial charge in [-0.25, -0.2) is 0 Å². The third-order valence-electron chi connectivity index (χ3n) is 0.341. The standard InChI is InChI=1S/C3H6O3.C2H4O2.Mg.Zr/c1-2(4)3(5)6;1-2(3)4;;/h2,4H,1H3,(H,5,6);1H3,(H,3,4);;/q;;+2;+4/p-2. The van der Waals surface area contributed by atoms with Gasteiger partial charge in [-0.1, -0.05) is 0 Å². The Kier molecular flexibility index (Phi) is 26.9. The van der Waals surface area contributed by atoms with Crippen LogP contribution in [0.15, 0.2) is 0 Å². The number of rotatable bonds is 1. The van der Waals surface area contributed by atoms with Crippen molar-refractivity contribution in [1.29, 1.82) is 0 Å². The third-order valence-corrected chi connectivity index (χ3v) is 0.341. The first-order valence-electron chi connectivity index (χ1n) is 2.44. The Labute approximate surface area is 105 Å². The number of carboxylic acid groups (broad SMARTS) is 2. The van der Waals surface area contributed by atoms with Crippen molar-refractivity contribution in [2.24, 2.45) is 0 Å². The molecular formula is C5H8MgO5Zr+4. The van der Waals surface area contributed by atoms with Gasteiger partial charge in [-0.2, -0.15) is 0 Å². The second-order valence-electron chi connectivity index (χ2n) is 1.49. The molecule has 0 heterocycles. The zero-order valence-corrected chi connectivity index (χ0v) is 10.7. The molecule has 0 aliphatic carbocycles. The molecule has 0 aromatic heterocycles. The molecule has 0 aliphatic rings. The predicted molar refractivity (Wildman–Crippen MR) is 33.1 cm³/mol. The van der Waals surface area contributed by atoms with Gasteiger partial charge in [0.1, 0.15) is 0 Å². The monoisotopic (exact) mass is 262 g/mol. The molecule has 0 aliphatic heterocycles. The molecule has 5 nitrogen and oxygen atoms in total. The van der Waals surface area contributed by atoms with Gasteiger partial charge in [-0.05, 0) is 13.8 Å². The molecule has 0 saturated carbocycles. The predicted octanol–water partition coefficient (Wildman–Crippen LogP) is -3.51. The van der Waals surface area contributed by atoms with Crippen molar-refractivity contribution in [3.63, 3.8) is 0 Å². The van der Waals surface area contributed by atoms with E-state index in [-0.39, 0.29) is 49.3 Å². The van der Waals surface area contributed by atoms with Crippen molar-refractivity contribution in [1.82, 2.24) is 0 Å². The van der Waals surface area contributed by atoms with Gasteiger partial charge in [0.05, 0.1) is 12.1 Å². The Morgan fingerprint density at radius 3 is 1.42 bits per heavy atom. The number of aliphatic carboxylic acids is 2. The van der Waals surface area contributed by atoms with Crippen LogP contribution in [0.25, 0.3) is 0 Å². The molecule has 0 amide bonds. The fraction of sp³-hybridized carbons (Fsp3) is 0.600. The Balaban J connectivity index is -0.0000000483. The van der Waals surface area contributed by atoms with Crippen molar-refractivity contribution in [2.75, 3.05) is 0 Å². The van der Waals surface area contributed by atoms with E-state index in [4.69, 9.17) is 15.0 Å². The summed E-state index contributed by atoms with van der Waals surface area (Å²) in [5.41, 5.74) is 0. The molecule has 0 fully saturated rings. The van der Waals surface area contributed by atoms with Gasteiger partial charge >= 0.3 is 49.3 Å². The molecule has 0 radical (unpaired) electrons. The molecule has 12 heavy (non-hydrogen) atoms. The topological polar surface area (TPSA) is 100 Å². The van der Waals surface area contributed by atoms with Crippen LogP contribution in [0.4, 0.5) is 0 Å². The van der Waals surface area contributed by atoms with Gasteiger partial charge in [-0.3, -0.25) is 0 Å². The average Bonchev–Trinajstić information content (AvgIpc) is 1.63. The first-order valence-corrected chi connectivity index (χ1v) is 2.44. The molecule has 60 valence electrons. The molecule has 1 unspecified atom stereocenters. The summed E-state index contributed by atoms with van der Waals surface area (Å²) >= 11 is 0. The van der Waals surface area contributed by atoms with Crippen LogP contribution in [0, 0.1) is 0 Å². The number of aliphatic hydroxyl groups is 1. The number of hydrogen-bond acceptors (Lipinski definition) is 5. The van der Waals surface area contributed by atoms with Crippen LogP contribution in [-0.2, 0) is 35.8 Å². The Morgan fingerprint density at radius 2 is 1.42 bits per heavy atom. The number of carbonyl (C=O) groups is 2. The largest absolute Gasteiger partial charge is 4.00 e. The molecule has 0 aromatic rings. The summed E-state index contributed by atoms with van der Waals surface area (Å²) in [6.45, 7) is 2.11. The second kappa shape index (κ2) is 14.1. The van der Waals surface area contributed by atoms with Crippen LogP contribution in [0.3, 0.4) is 0 Å². The molecule has 0 rings (SSSR count). The average molecular weight is 264 g/mol. The first kappa shape index (κ1) is 22.9. The van der Waals surface area contributed by atoms with Crippen LogP contribution < -0.4 is 10.2 Å². The summed E-state index contributed by atoms with van der Waals surface area (Å²) < 4.78 is 0. The van der Waals surface area contributed by atoms with Gasteiger partial charge in [0.2, 0.25) is 0 Å². The molecule has 0 aromatic carbocycles. The van der Waals surface area contributed by atoms with Crippen LogP contribution in [0.1, 0.15) is 13.8 Å². The Hall–Kier alpha value is 0.549. The van der Waals surface area contributed by atoms with E-state index < -0.39 is 18.0 Å². The van der Waals surface area contributed by atoms with E-state index in [2.05, 4.69) is 0 Å². The summed E-state index contributed by atoms with van der Waals surface area (Å²) in [7, 11) is 0. The fourth-order valence-electron chi connectivity index (χ4n) is 0. The molecule has 1 N–H and O–H groups in total. The Bertz CT molecular complexity index is 123. The van der Waals surface area contributed by atoms with Crippen LogP contribution in [0.2, 0.25) is 0 Å². The van der Waals surface area contributed by atoms with E-state index in [9.17, 15) is 9.90 Å². The van der Waals surface area contributed by atoms with E-state index in [1.807, 2.05) is 0 Å². The van der Waals surface area contributed by atoms with Crippen LogP contribution >= 0.6 is 0 Å². The summed E-state index contributed by atoms with van der Waals surface area (Å²) in [5, 5.41) is 26.2. The molecule has 0 saturated heterocycles. The third kappa shape index (κ3) is 46.5. The van der Waals surface area contributed by atoms with Gasteiger partial charge in [0.15, 0.2) is 0 Å². The minimum atomic E-state index is -1.44. The number of carbonyl (C=O) groups excluding carboxylic acids is 2.